The molecular formula is C10H13ClOS3. The Labute approximate surface area is 108 Å². The zero-order chi connectivity index (χ0) is 10.7. The van der Waals surface area contributed by atoms with Crippen LogP contribution in [-0.4, -0.2) is 33.7 Å². The van der Waals surface area contributed by atoms with Crippen LogP contribution >= 0.6 is 46.5 Å². The summed E-state index contributed by atoms with van der Waals surface area (Å²) in [4.78, 5) is 1.18. The first kappa shape index (κ1) is 12.1. The average molecular weight is 281 g/mol. The van der Waals surface area contributed by atoms with Crippen molar-refractivity contribution in [3.8, 4) is 0 Å². The molecule has 0 radical (unpaired) electrons. The Morgan fingerprint density at radius 1 is 1.47 bits per heavy atom. The van der Waals surface area contributed by atoms with Crippen LogP contribution in [0.1, 0.15) is 4.88 Å². The molecule has 1 N–H and O–H groups in total. The molecular weight excluding hydrogens is 268 g/mol. The van der Waals surface area contributed by atoms with E-state index in [1.165, 1.54) is 10.6 Å². The van der Waals surface area contributed by atoms with Crippen LogP contribution < -0.4 is 0 Å². The van der Waals surface area contributed by atoms with Crippen LogP contribution in [0.2, 0.25) is 4.34 Å². The zero-order valence-electron chi connectivity index (χ0n) is 8.19. The Hall–Kier alpha value is 0.650. The molecule has 1 saturated heterocycles. The van der Waals surface area contributed by atoms with E-state index in [-0.39, 0.29) is 6.10 Å². The van der Waals surface area contributed by atoms with Gasteiger partial charge < -0.3 is 5.11 Å². The highest BCUT2D eigenvalue weighted by Crippen LogP contribution is 2.29. The summed E-state index contributed by atoms with van der Waals surface area (Å²) in [5.41, 5.74) is 0. The SMILES string of the molecule is OC(Cc1ccc(Cl)s1)C1CSCCS1. The van der Waals surface area contributed by atoms with Crippen molar-refractivity contribution in [3.63, 3.8) is 0 Å². The fourth-order valence-corrected chi connectivity index (χ4v) is 5.44. The predicted octanol–water partition coefficient (Wildman–Crippen LogP) is 3.15. The van der Waals surface area contributed by atoms with E-state index in [0.29, 0.717) is 5.25 Å². The third-order valence-corrected chi connectivity index (χ3v) is 6.47. The minimum absolute atomic E-state index is 0.225. The molecule has 0 aromatic carbocycles. The molecule has 0 saturated carbocycles. The van der Waals surface area contributed by atoms with E-state index in [9.17, 15) is 5.11 Å². The molecule has 0 amide bonds. The maximum atomic E-state index is 10.1. The molecule has 1 aromatic rings. The molecule has 1 aliphatic rings. The van der Waals surface area contributed by atoms with Crippen LogP contribution in [0.15, 0.2) is 12.1 Å². The summed E-state index contributed by atoms with van der Waals surface area (Å²) in [6.07, 6.45) is 0.521. The molecule has 2 unspecified atom stereocenters. The van der Waals surface area contributed by atoms with Crippen molar-refractivity contribution in [2.75, 3.05) is 17.3 Å². The summed E-state index contributed by atoms with van der Waals surface area (Å²) in [5.74, 6) is 3.46. The second-order valence-corrected chi connectivity index (χ2v) is 7.76. The van der Waals surface area contributed by atoms with Crippen LogP contribution in [0.4, 0.5) is 0 Å². The van der Waals surface area contributed by atoms with Gasteiger partial charge in [0, 0.05) is 33.8 Å². The van der Waals surface area contributed by atoms with E-state index in [1.54, 1.807) is 11.3 Å². The van der Waals surface area contributed by atoms with E-state index in [2.05, 4.69) is 0 Å². The third kappa shape index (κ3) is 3.56. The number of rotatable bonds is 3. The Bertz CT molecular complexity index is 309. The first-order valence-corrected chi connectivity index (χ1v) is 8.27. The minimum atomic E-state index is -0.225. The highest BCUT2D eigenvalue weighted by atomic mass is 35.5. The van der Waals surface area contributed by atoms with Crippen LogP contribution in [-0.2, 0) is 6.42 Å². The lowest BCUT2D eigenvalue weighted by atomic mass is 10.2. The van der Waals surface area contributed by atoms with Gasteiger partial charge in [0.05, 0.1) is 10.4 Å². The van der Waals surface area contributed by atoms with Gasteiger partial charge in [-0.1, -0.05) is 11.6 Å². The van der Waals surface area contributed by atoms with Gasteiger partial charge in [-0.25, -0.2) is 0 Å². The van der Waals surface area contributed by atoms with Crippen molar-refractivity contribution in [1.82, 2.24) is 0 Å². The van der Waals surface area contributed by atoms with Crippen LogP contribution in [0.25, 0.3) is 0 Å². The number of aliphatic hydroxyl groups is 1. The predicted molar refractivity (Wildman–Crippen MR) is 72.6 cm³/mol. The Morgan fingerprint density at radius 2 is 2.33 bits per heavy atom. The summed E-state index contributed by atoms with van der Waals surface area (Å²) in [5, 5.41) is 10.5. The van der Waals surface area contributed by atoms with Crippen molar-refractivity contribution in [2.45, 2.75) is 17.8 Å². The normalized spacial score (nSPS) is 24.0. The maximum Gasteiger partial charge on any atom is 0.0931 e. The highest BCUT2D eigenvalue weighted by molar-refractivity contribution is 8.06. The lowest BCUT2D eigenvalue weighted by molar-refractivity contribution is 0.178. The fourth-order valence-electron chi connectivity index (χ4n) is 1.53. The summed E-state index contributed by atoms with van der Waals surface area (Å²) < 4.78 is 0.808. The van der Waals surface area contributed by atoms with Crippen LogP contribution in [0.5, 0.6) is 0 Å². The van der Waals surface area contributed by atoms with E-state index >= 15 is 0 Å². The number of thiophene rings is 1. The molecule has 2 rings (SSSR count). The van der Waals surface area contributed by atoms with E-state index < -0.39 is 0 Å². The van der Waals surface area contributed by atoms with Gasteiger partial charge in [0.15, 0.2) is 0 Å². The summed E-state index contributed by atoms with van der Waals surface area (Å²) in [6.45, 7) is 0. The Morgan fingerprint density at radius 3 is 2.93 bits per heavy atom. The first-order valence-electron chi connectivity index (χ1n) is 4.87. The summed E-state index contributed by atoms with van der Waals surface area (Å²) in [6, 6.07) is 3.91. The van der Waals surface area contributed by atoms with Gasteiger partial charge in [0.2, 0.25) is 0 Å². The van der Waals surface area contributed by atoms with E-state index in [1.807, 2.05) is 35.7 Å². The van der Waals surface area contributed by atoms with Gasteiger partial charge in [-0.3, -0.25) is 0 Å². The number of thioether (sulfide) groups is 2. The minimum Gasteiger partial charge on any atom is -0.392 e. The molecule has 1 aromatic heterocycles. The van der Waals surface area contributed by atoms with Crippen molar-refractivity contribution < 1.29 is 5.11 Å². The van der Waals surface area contributed by atoms with E-state index in [4.69, 9.17) is 11.6 Å². The largest absolute Gasteiger partial charge is 0.392 e. The van der Waals surface area contributed by atoms with Crippen molar-refractivity contribution in [1.29, 1.82) is 0 Å². The Kier molecular flexibility index (Phi) is 4.70. The molecule has 2 heterocycles. The molecule has 1 nitrogen and oxygen atoms in total. The molecule has 1 aliphatic heterocycles. The van der Waals surface area contributed by atoms with Gasteiger partial charge in [0.1, 0.15) is 0 Å². The quantitative estimate of drug-likeness (QED) is 0.919. The lowest BCUT2D eigenvalue weighted by Crippen LogP contribution is -2.30. The second-order valence-electron chi connectivity index (χ2n) is 3.46. The number of hydrogen-bond acceptors (Lipinski definition) is 4. The standard InChI is InChI=1S/C10H13ClOS3/c11-10-2-1-7(15-10)5-8(12)9-6-13-3-4-14-9/h1-2,8-9,12H,3-6H2. The van der Waals surface area contributed by atoms with Crippen molar-refractivity contribution >= 4 is 46.5 Å². The zero-order valence-corrected chi connectivity index (χ0v) is 11.4. The molecule has 5 heteroatoms. The van der Waals surface area contributed by atoms with E-state index in [0.717, 1.165) is 22.3 Å². The molecule has 1 fully saturated rings. The van der Waals surface area contributed by atoms with Crippen molar-refractivity contribution in [2.24, 2.45) is 0 Å². The molecule has 84 valence electrons. The second kappa shape index (κ2) is 5.82. The summed E-state index contributed by atoms with van der Waals surface area (Å²) in [7, 11) is 0. The monoisotopic (exact) mass is 280 g/mol. The van der Waals surface area contributed by atoms with Gasteiger partial charge in [-0.15, -0.1) is 11.3 Å². The number of halogens is 1. The van der Waals surface area contributed by atoms with Gasteiger partial charge in [0.25, 0.3) is 0 Å². The number of aliphatic hydroxyl groups excluding tert-OH is 1. The maximum absolute atomic E-state index is 10.1. The topological polar surface area (TPSA) is 20.2 Å². The average Bonchev–Trinajstić information content (AvgIpc) is 2.65. The molecule has 0 aliphatic carbocycles. The summed E-state index contributed by atoms with van der Waals surface area (Å²) >= 11 is 11.3. The third-order valence-electron chi connectivity index (χ3n) is 2.31. The van der Waals surface area contributed by atoms with Gasteiger partial charge >= 0.3 is 0 Å². The van der Waals surface area contributed by atoms with Gasteiger partial charge in [-0.2, -0.15) is 23.5 Å². The highest BCUT2D eigenvalue weighted by Gasteiger charge is 2.23. The first-order chi connectivity index (χ1) is 7.25. The van der Waals surface area contributed by atoms with Crippen molar-refractivity contribution in [3.05, 3.63) is 21.3 Å². The smallest absolute Gasteiger partial charge is 0.0931 e. The lowest BCUT2D eigenvalue weighted by Gasteiger charge is -2.25. The molecule has 0 spiro atoms. The molecule has 2 atom stereocenters. The van der Waals surface area contributed by atoms with Crippen LogP contribution in [0.3, 0.4) is 0 Å². The van der Waals surface area contributed by atoms with Crippen LogP contribution in [0, 0.1) is 0 Å². The molecule has 0 bridgehead atoms. The fraction of sp³-hybridized carbons (Fsp3) is 0.600. The molecule has 15 heavy (non-hydrogen) atoms. The Balaban J connectivity index is 1.88. The number of hydrogen-bond donors (Lipinski definition) is 1. The van der Waals surface area contributed by atoms with Gasteiger partial charge in [-0.05, 0) is 12.1 Å².